The number of halogens is 1. The molecule has 0 unspecified atom stereocenters. The Labute approximate surface area is 148 Å². The van der Waals surface area contributed by atoms with Gasteiger partial charge in [-0.05, 0) is 51.8 Å². The highest BCUT2D eigenvalue weighted by molar-refractivity contribution is 6.34. The summed E-state index contributed by atoms with van der Waals surface area (Å²) in [4.78, 5) is 23.4. The maximum Gasteiger partial charge on any atom is 0.274 e. The molecule has 0 bridgehead atoms. The van der Waals surface area contributed by atoms with Gasteiger partial charge in [0, 0.05) is 19.2 Å². The number of carbonyl (C=O) groups excluding carboxylic acids is 1. The van der Waals surface area contributed by atoms with Crippen molar-refractivity contribution in [1.29, 1.82) is 0 Å². The van der Waals surface area contributed by atoms with E-state index in [0.717, 1.165) is 30.0 Å². The SMILES string of the molecule is CCN(CC)c1cc(C(=O)Nc2c(C)cc(C)cc2Cl)nc(C)n1. The molecular formula is C18H23ClN4O. The molecule has 1 N–H and O–H groups in total. The Hall–Kier alpha value is -2.14. The van der Waals surface area contributed by atoms with Crippen LogP contribution in [0.4, 0.5) is 11.5 Å². The van der Waals surface area contributed by atoms with E-state index in [1.165, 1.54) is 0 Å². The van der Waals surface area contributed by atoms with Crippen LogP contribution in [0.5, 0.6) is 0 Å². The minimum atomic E-state index is -0.289. The largest absolute Gasteiger partial charge is 0.357 e. The summed E-state index contributed by atoms with van der Waals surface area (Å²) < 4.78 is 0. The van der Waals surface area contributed by atoms with Crippen molar-refractivity contribution in [1.82, 2.24) is 9.97 Å². The Morgan fingerprint density at radius 1 is 1.12 bits per heavy atom. The summed E-state index contributed by atoms with van der Waals surface area (Å²) in [5, 5.41) is 3.40. The first-order valence-electron chi connectivity index (χ1n) is 8.04. The standard InChI is InChI=1S/C18H23ClN4O/c1-6-23(7-2)16-10-15(20-13(5)21-16)18(24)22-17-12(4)8-11(3)9-14(17)19/h8-10H,6-7H2,1-5H3,(H,22,24). The Bertz CT molecular complexity index is 734. The van der Waals surface area contributed by atoms with Crippen molar-refractivity contribution < 1.29 is 4.79 Å². The molecule has 1 aromatic carbocycles. The molecule has 0 aliphatic carbocycles. The third-order valence-electron chi connectivity index (χ3n) is 3.81. The average Bonchev–Trinajstić information content (AvgIpc) is 2.51. The van der Waals surface area contributed by atoms with Gasteiger partial charge in [-0.15, -0.1) is 0 Å². The van der Waals surface area contributed by atoms with Crippen LogP contribution in [0.3, 0.4) is 0 Å². The van der Waals surface area contributed by atoms with E-state index in [-0.39, 0.29) is 5.91 Å². The quantitative estimate of drug-likeness (QED) is 0.883. The first-order chi connectivity index (χ1) is 11.3. The molecule has 0 atom stereocenters. The Balaban J connectivity index is 2.34. The van der Waals surface area contributed by atoms with Gasteiger partial charge in [0.1, 0.15) is 17.3 Å². The first kappa shape index (κ1) is 18.2. The predicted molar refractivity (Wildman–Crippen MR) is 99.2 cm³/mol. The predicted octanol–water partition coefficient (Wildman–Crippen LogP) is 4.15. The van der Waals surface area contributed by atoms with Crippen molar-refractivity contribution in [2.75, 3.05) is 23.3 Å². The van der Waals surface area contributed by atoms with Crippen molar-refractivity contribution in [3.63, 3.8) is 0 Å². The molecule has 0 fully saturated rings. The highest BCUT2D eigenvalue weighted by Crippen LogP contribution is 2.27. The van der Waals surface area contributed by atoms with Crippen LogP contribution in [0, 0.1) is 20.8 Å². The zero-order valence-corrected chi connectivity index (χ0v) is 15.5. The summed E-state index contributed by atoms with van der Waals surface area (Å²) in [5.41, 5.74) is 2.92. The molecular weight excluding hydrogens is 324 g/mol. The molecule has 2 aromatic rings. The number of rotatable bonds is 5. The molecule has 0 radical (unpaired) electrons. The molecule has 1 heterocycles. The van der Waals surface area contributed by atoms with Crippen LogP contribution >= 0.6 is 11.6 Å². The van der Waals surface area contributed by atoms with Crippen LogP contribution in [0.1, 0.15) is 41.3 Å². The second-order valence-corrected chi connectivity index (χ2v) is 6.13. The van der Waals surface area contributed by atoms with Gasteiger partial charge in [-0.1, -0.05) is 17.7 Å². The molecule has 0 saturated carbocycles. The van der Waals surface area contributed by atoms with E-state index in [4.69, 9.17) is 11.6 Å². The minimum Gasteiger partial charge on any atom is -0.357 e. The Morgan fingerprint density at radius 3 is 2.38 bits per heavy atom. The van der Waals surface area contributed by atoms with E-state index in [1.54, 1.807) is 13.0 Å². The normalized spacial score (nSPS) is 10.6. The van der Waals surface area contributed by atoms with Gasteiger partial charge in [-0.2, -0.15) is 0 Å². The molecule has 0 aliphatic heterocycles. The topological polar surface area (TPSA) is 58.1 Å². The summed E-state index contributed by atoms with van der Waals surface area (Å²) >= 11 is 6.27. The van der Waals surface area contributed by atoms with E-state index >= 15 is 0 Å². The highest BCUT2D eigenvalue weighted by atomic mass is 35.5. The number of benzene rings is 1. The number of hydrogen-bond acceptors (Lipinski definition) is 4. The van der Waals surface area contributed by atoms with Crippen molar-refractivity contribution in [3.8, 4) is 0 Å². The number of carbonyl (C=O) groups is 1. The fraction of sp³-hybridized carbons (Fsp3) is 0.389. The maximum absolute atomic E-state index is 12.6. The first-order valence-corrected chi connectivity index (χ1v) is 8.42. The molecule has 2 rings (SSSR count). The lowest BCUT2D eigenvalue weighted by atomic mass is 10.1. The number of aromatic nitrogens is 2. The zero-order chi connectivity index (χ0) is 17.9. The van der Waals surface area contributed by atoms with Crippen LogP contribution in [0.25, 0.3) is 0 Å². The van der Waals surface area contributed by atoms with Gasteiger partial charge in [0.05, 0.1) is 10.7 Å². The van der Waals surface area contributed by atoms with Gasteiger partial charge >= 0.3 is 0 Å². The molecule has 6 heteroatoms. The smallest absolute Gasteiger partial charge is 0.274 e. The second-order valence-electron chi connectivity index (χ2n) is 5.72. The maximum atomic E-state index is 12.6. The van der Waals surface area contributed by atoms with E-state index in [9.17, 15) is 4.79 Å². The van der Waals surface area contributed by atoms with Crippen LogP contribution in [-0.2, 0) is 0 Å². The average molecular weight is 347 g/mol. The van der Waals surface area contributed by atoms with Crippen molar-refractivity contribution >= 4 is 29.0 Å². The highest BCUT2D eigenvalue weighted by Gasteiger charge is 2.15. The molecule has 0 aliphatic rings. The zero-order valence-electron chi connectivity index (χ0n) is 14.8. The van der Waals surface area contributed by atoms with Crippen LogP contribution in [0.15, 0.2) is 18.2 Å². The van der Waals surface area contributed by atoms with Gasteiger partial charge in [0.2, 0.25) is 0 Å². The number of nitrogens with zero attached hydrogens (tertiary/aromatic N) is 3. The Morgan fingerprint density at radius 2 is 1.79 bits per heavy atom. The second kappa shape index (κ2) is 7.62. The fourth-order valence-corrected chi connectivity index (χ4v) is 3.00. The van der Waals surface area contributed by atoms with E-state index in [1.807, 2.05) is 26.0 Å². The van der Waals surface area contributed by atoms with Crippen molar-refractivity contribution in [3.05, 3.63) is 45.9 Å². The van der Waals surface area contributed by atoms with Gasteiger partial charge < -0.3 is 10.2 Å². The molecule has 1 aromatic heterocycles. The lowest BCUT2D eigenvalue weighted by Gasteiger charge is -2.20. The van der Waals surface area contributed by atoms with E-state index < -0.39 is 0 Å². The van der Waals surface area contributed by atoms with Gasteiger partial charge in [-0.3, -0.25) is 4.79 Å². The minimum absolute atomic E-state index is 0.289. The number of hydrogen-bond donors (Lipinski definition) is 1. The molecule has 24 heavy (non-hydrogen) atoms. The molecule has 128 valence electrons. The van der Waals surface area contributed by atoms with Crippen LogP contribution in [0.2, 0.25) is 5.02 Å². The van der Waals surface area contributed by atoms with Crippen LogP contribution < -0.4 is 10.2 Å². The summed E-state index contributed by atoms with van der Waals surface area (Å²) in [6, 6.07) is 5.53. The Kier molecular flexibility index (Phi) is 5.78. The summed E-state index contributed by atoms with van der Waals surface area (Å²) in [6.07, 6.45) is 0. The van der Waals surface area contributed by atoms with Gasteiger partial charge in [0.25, 0.3) is 5.91 Å². The molecule has 0 spiro atoms. The lowest BCUT2D eigenvalue weighted by molar-refractivity contribution is 0.102. The monoisotopic (exact) mass is 346 g/mol. The van der Waals surface area contributed by atoms with Gasteiger partial charge in [-0.25, -0.2) is 9.97 Å². The van der Waals surface area contributed by atoms with Gasteiger partial charge in [0.15, 0.2) is 0 Å². The molecule has 5 nitrogen and oxygen atoms in total. The summed E-state index contributed by atoms with van der Waals surface area (Å²) in [6.45, 7) is 11.4. The molecule has 0 saturated heterocycles. The number of anilines is 2. The fourth-order valence-electron chi connectivity index (χ4n) is 2.63. The number of aryl methyl sites for hydroxylation is 3. The third-order valence-corrected chi connectivity index (χ3v) is 4.11. The lowest BCUT2D eigenvalue weighted by Crippen LogP contribution is -2.25. The van der Waals surface area contributed by atoms with Crippen molar-refractivity contribution in [2.24, 2.45) is 0 Å². The summed E-state index contributed by atoms with van der Waals surface area (Å²) in [7, 11) is 0. The number of nitrogens with one attached hydrogen (secondary N) is 1. The molecule has 1 amide bonds. The summed E-state index contributed by atoms with van der Waals surface area (Å²) in [5.74, 6) is 1.03. The van der Waals surface area contributed by atoms with E-state index in [2.05, 4.69) is 34.0 Å². The third kappa shape index (κ3) is 4.03. The van der Waals surface area contributed by atoms with Crippen LogP contribution in [-0.4, -0.2) is 29.0 Å². The van der Waals surface area contributed by atoms with Crippen molar-refractivity contribution in [2.45, 2.75) is 34.6 Å². The number of amides is 1. The van der Waals surface area contributed by atoms with E-state index in [0.29, 0.717) is 22.2 Å².